The molecule has 2 heterocycles. The predicted molar refractivity (Wildman–Crippen MR) is 97.1 cm³/mol. The lowest BCUT2D eigenvalue weighted by Gasteiger charge is -2.23. The molecule has 1 aromatic carbocycles. The Morgan fingerprint density at radius 2 is 1.62 bits per heavy atom. The third-order valence-electron chi connectivity index (χ3n) is 4.58. The van der Waals surface area contributed by atoms with E-state index in [1.54, 1.807) is 0 Å². The van der Waals surface area contributed by atoms with E-state index in [9.17, 15) is 4.79 Å². The van der Waals surface area contributed by atoms with E-state index in [0.717, 1.165) is 48.4 Å². The van der Waals surface area contributed by atoms with Crippen molar-refractivity contribution in [2.75, 3.05) is 13.1 Å². The average molecular weight is 341 g/mol. The van der Waals surface area contributed by atoms with Crippen molar-refractivity contribution >= 4 is 17.7 Å². The second-order valence-electron chi connectivity index (χ2n) is 6.24. The van der Waals surface area contributed by atoms with Gasteiger partial charge in [0.15, 0.2) is 5.16 Å². The van der Waals surface area contributed by atoms with Crippen molar-refractivity contribution in [3.8, 4) is 0 Å². The molecule has 0 aliphatic carbocycles. The van der Waals surface area contributed by atoms with Gasteiger partial charge in [0.25, 0.3) is 0 Å². The monoisotopic (exact) mass is 341 g/mol. The summed E-state index contributed by atoms with van der Waals surface area (Å²) in [5.41, 5.74) is 4.08. The first kappa shape index (κ1) is 17.0. The molecule has 1 fully saturated rings. The van der Waals surface area contributed by atoms with Crippen LogP contribution in [0.1, 0.15) is 40.6 Å². The maximum atomic E-state index is 13.0. The molecule has 3 rings (SSSR count). The maximum Gasteiger partial charge on any atom is 0.240 e. The molecule has 1 aliphatic rings. The van der Waals surface area contributed by atoms with Crippen LogP contribution in [0.4, 0.5) is 0 Å². The summed E-state index contributed by atoms with van der Waals surface area (Å²) in [6.45, 7) is 7.73. The van der Waals surface area contributed by atoms with Gasteiger partial charge in [-0.3, -0.25) is 4.79 Å². The van der Waals surface area contributed by atoms with Crippen LogP contribution >= 0.6 is 11.8 Å². The maximum absolute atomic E-state index is 13.0. The molecule has 0 unspecified atom stereocenters. The molecule has 0 N–H and O–H groups in total. The number of likely N-dealkylation sites (tertiary alicyclic amines) is 1. The van der Waals surface area contributed by atoms with E-state index in [2.05, 4.69) is 9.97 Å². The zero-order valence-electron chi connectivity index (χ0n) is 14.5. The molecule has 2 aromatic rings. The third kappa shape index (κ3) is 3.61. The lowest BCUT2D eigenvalue weighted by Crippen LogP contribution is -2.31. The van der Waals surface area contributed by atoms with Gasteiger partial charge in [-0.25, -0.2) is 9.97 Å². The normalized spacial score (nSPS) is 15.5. The standard InChI is InChI=1S/C19H23N3OS/c1-13-14(2)20-19(21-15(13)3)24-17(16-9-5-4-6-10-16)18(23)22-11-7-8-12-22/h4-6,9-10,17H,7-8,11-12H2,1-3H3/t17-/m1/s1. The summed E-state index contributed by atoms with van der Waals surface area (Å²) in [6, 6.07) is 9.96. The van der Waals surface area contributed by atoms with Crippen LogP contribution in [0.2, 0.25) is 0 Å². The van der Waals surface area contributed by atoms with Crippen molar-refractivity contribution < 1.29 is 4.79 Å². The fourth-order valence-corrected chi connectivity index (χ4v) is 4.02. The van der Waals surface area contributed by atoms with Crippen LogP contribution < -0.4 is 0 Å². The van der Waals surface area contributed by atoms with Gasteiger partial charge in [-0.1, -0.05) is 42.1 Å². The number of amides is 1. The number of rotatable bonds is 4. The quantitative estimate of drug-likeness (QED) is 0.626. The van der Waals surface area contributed by atoms with Crippen LogP contribution in [0.25, 0.3) is 0 Å². The first-order chi connectivity index (χ1) is 11.6. The molecule has 0 radical (unpaired) electrons. The van der Waals surface area contributed by atoms with Gasteiger partial charge in [0.05, 0.1) is 0 Å². The zero-order chi connectivity index (χ0) is 17.1. The summed E-state index contributed by atoms with van der Waals surface area (Å²) in [4.78, 5) is 24.2. The van der Waals surface area contributed by atoms with Gasteiger partial charge < -0.3 is 4.90 Å². The molecular weight excluding hydrogens is 318 g/mol. The summed E-state index contributed by atoms with van der Waals surface area (Å²) < 4.78 is 0. The summed E-state index contributed by atoms with van der Waals surface area (Å²) >= 11 is 1.46. The number of carbonyl (C=O) groups is 1. The van der Waals surface area contributed by atoms with Crippen molar-refractivity contribution in [3.63, 3.8) is 0 Å². The van der Waals surface area contributed by atoms with Crippen LogP contribution in [-0.2, 0) is 4.79 Å². The Morgan fingerprint density at radius 1 is 1.04 bits per heavy atom. The minimum Gasteiger partial charge on any atom is -0.341 e. The fraction of sp³-hybridized carbons (Fsp3) is 0.421. The Balaban J connectivity index is 1.91. The Morgan fingerprint density at radius 3 is 2.21 bits per heavy atom. The number of thioether (sulfide) groups is 1. The number of benzene rings is 1. The third-order valence-corrected chi connectivity index (χ3v) is 5.68. The van der Waals surface area contributed by atoms with Crippen molar-refractivity contribution in [2.45, 2.75) is 44.0 Å². The first-order valence-electron chi connectivity index (χ1n) is 8.38. The Labute approximate surface area is 147 Å². The molecule has 1 amide bonds. The predicted octanol–water partition coefficient (Wildman–Crippen LogP) is 3.86. The van der Waals surface area contributed by atoms with E-state index >= 15 is 0 Å². The molecule has 24 heavy (non-hydrogen) atoms. The Kier molecular flexibility index (Phi) is 5.19. The minimum absolute atomic E-state index is 0.170. The average Bonchev–Trinajstić information content (AvgIpc) is 3.12. The lowest BCUT2D eigenvalue weighted by atomic mass is 10.1. The highest BCUT2D eigenvalue weighted by Gasteiger charge is 2.29. The summed E-state index contributed by atoms with van der Waals surface area (Å²) in [5.74, 6) is 0.170. The smallest absolute Gasteiger partial charge is 0.240 e. The highest BCUT2D eigenvalue weighted by molar-refractivity contribution is 8.00. The van der Waals surface area contributed by atoms with Crippen LogP contribution in [0.15, 0.2) is 35.5 Å². The van der Waals surface area contributed by atoms with E-state index in [4.69, 9.17) is 0 Å². The molecule has 0 spiro atoms. The molecule has 1 atom stereocenters. The second-order valence-corrected chi connectivity index (χ2v) is 7.32. The largest absolute Gasteiger partial charge is 0.341 e. The molecule has 5 heteroatoms. The van der Waals surface area contributed by atoms with Crippen molar-refractivity contribution in [3.05, 3.63) is 52.8 Å². The van der Waals surface area contributed by atoms with Gasteiger partial charge in [0.2, 0.25) is 5.91 Å². The Hall–Kier alpha value is -1.88. The van der Waals surface area contributed by atoms with Crippen LogP contribution in [0.5, 0.6) is 0 Å². The molecule has 0 bridgehead atoms. The molecule has 1 aliphatic heterocycles. The highest BCUT2D eigenvalue weighted by atomic mass is 32.2. The zero-order valence-corrected chi connectivity index (χ0v) is 15.3. The number of hydrogen-bond donors (Lipinski definition) is 0. The van der Waals surface area contributed by atoms with Crippen LogP contribution in [0, 0.1) is 20.8 Å². The second kappa shape index (κ2) is 7.34. The van der Waals surface area contributed by atoms with E-state index in [0.29, 0.717) is 5.16 Å². The van der Waals surface area contributed by atoms with Gasteiger partial charge in [0.1, 0.15) is 5.25 Å². The molecule has 1 aromatic heterocycles. The summed E-state index contributed by atoms with van der Waals surface area (Å²) in [6.07, 6.45) is 2.19. The van der Waals surface area contributed by atoms with Gasteiger partial charge in [-0.05, 0) is 44.7 Å². The van der Waals surface area contributed by atoms with Gasteiger partial charge in [-0.15, -0.1) is 0 Å². The Bertz CT molecular complexity index is 704. The number of carbonyl (C=O) groups excluding carboxylic acids is 1. The van der Waals surface area contributed by atoms with Crippen molar-refractivity contribution in [1.29, 1.82) is 0 Å². The van der Waals surface area contributed by atoms with E-state index in [1.807, 2.05) is 56.0 Å². The number of nitrogens with zero attached hydrogens (tertiary/aromatic N) is 3. The van der Waals surface area contributed by atoms with Crippen molar-refractivity contribution in [1.82, 2.24) is 14.9 Å². The first-order valence-corrected chi connectivity index (χ1v) is 9.26. The topological polar surface area (TPSA) is 46.1 Å². The molecule has 4 nitrogen and oxygen atoms in total. The van der Waals surface area contributed by atoms with Gasteiger partial charge in [0, 0.05) is 24.5 Å². The minimum atomic E-state index is -0.286. The van der Waals surface area contributed by atoms with E-state index in [-0.39, 0.29) is 11.2 Å². The summed E-state index contributed by atoms with van der Waals surface area (Å²) in [7, 11) is 0. The molecule has 126 valence electrons. The summed E-state index contributed by atoms with van der Waals surface area (Å²) in [5, 5.41) is 0.391. The number of hydrogen-bond acceptors (Lipinski definition) is 4. The van der Waals surface area contributed by atoms with Gasteiger partial charge in [-0.2, -0.15) is 0 Å². The number of aromatic nitrogens is 2. The molecule has 1 saturated heterocycles. The van der Waals surface area contributed by atoms with Crippen LogP contribution in [0.3, 0.4) is 0 Å². The van der Waals surface area contributed by atoms with Crippen LogP contribution in [-0.4, -0.2) is 33.9 Å². The highest BCUT2D eigenvalue weighted by Crippen LogP contribution is 2.36. The lowest BCUT2D eigenvalue weighted by molar-refractivity contribution is -0.129. The molecule has 0 saturated carbocycles. The SMILES string of the molecule is Cc1nc(S[C@@H](C(=O)N2CCCC2)c2ccccc2)nc(C)c1C. The van der Waals surface area contributed by atoms with Gasteiger partial charge >= 0.3 is 0 Å². The molecular formula is C19H23N3OS. The van der Waals surface area contributed by atoms with Crippen molar-refractivity contribution in [2.24, 2.45) is 0 Å². The fourth-order valence-electron chi connectivity index (χ4n) is 2.89. The van der Waals surface area contributed by atoms with E-state index in [1.165, 1.54) is 11.8 Å². The van der Waals surface area contributed by atoms with E-state index < -0.39 is 0 Å². The number of aryl methyl sites for hydroxylation is 2.